The van der Waals surface area contributed by atoms with Crippen LogP contribution in [0.2, 0.25) is 0 Å². The highest BCUT2D eigenvalue weighted by Crippen LogP contribution is 2.17. The minimum Gasteiger partial charge on any atom is -0.462 e. The standard InChI is InChI=1S/C55H97NO5/c1-4-7-10-13-16-19-21-23-25-26-27-28-29-31-33-36-39-42-45-48-55(60)61-51(46-43-40-37-35-32-30-24-22-20-17-14-11-8-5-2)49-54(59)56-52(50-57)53(58)47-44-41-38-34-18-15-12-9-6-3/h7,10,16,19,23,25,27-28,30-33,51-53,57-58H,4-6,8-9,11-15,17-18,20-22,24,26,29,34-50H2,1-3H3,(H,56,59)/b10-7-,19-16-,25-23-,28-27-,32-30+,33-31-. The van der Waals surface area contributed by atoms with Crippen LogP contribution in [0, 0.1) is 0 Å². The van der Waals surface area contributed by atoms with Gasteiger partial charge in [0.15, 0.2) is 0 Å². The van der Waals surface area contributed by atoms with Gasteiger partial charge >= 0.3 is 5.97 Å². The molecule has 0 spiro atoms. The minimum atomic E-state index is -0.798. The molecule has 0 rings (SSSR count). The number of esters is 1. The van der Waals surface area contributed by atoms with Gasteiger partial charge in [-0.3, -0.25) is 9.59 Å². The largest absolute Gasteiger partial charge is 0.462 e. The number of aliphatic hydroxyl groups excluding tert-OH is 2. The number of rotatable bonds is 45. The van der Waals surface area contributed by atoms with Gasteiger partial charge in [0.25, 0.3) is 0 Å². The van der Waals surface area contributed by atoms with E-state index in [4.69, 9.17) is 4.74 Å². The maximum atomic E-state index is 13.2. The monoisotopic (exact) mass is 852 g/mol. The van der Waals surface area contributed by atoms with Crippen molar-refractivity contribution in [3.8, 4) is 0 Å². The highest BCUT2D eigenvalue weighted by atomic mass is 16.5. The summed E-state index contributed by atoms with van der Waals surface area (Å²) in [6, 6.07) is -0.714. The zero-order valence-electron chi connectivity index (χ0n) is 40.0. The Balaban J connectivity index is 4.65. The molecule has 3 unspecified atom stereocenters. The number of amides is 1. The number of carbonyl (C=O) groups is 2. The lowest BCUT2D eigenvalue weighted by molar-refractivity contribution is -0.151. The molecule has 1 amide bonds. The molecule has 0 bridgehead atoms. The molecule has 0 aromatic carbocycles. The Hall–Kier alpha value is -2.70. The van der Waals surface area contributed by atoms with Gasteiger partial charge in [0.2, 0.25) is 5.91 Å². The topological polar surface area (TPSA) is 95.9 Å². The number of aliphatic hydroxyl groups is 2. The van der Waals surface area contributed by atoms with Crippen molar-refractivity contribution < 1.29 is 24.5 Å². The van der Waals surface area contributed by atoms with Crippen molar-refractivity contribution in [2.24, 2.45) is 0 Å². The number of nitrogens with one attached hydrogen (secondary N) is 1. The van der Waals surface area contributed by atoms with Crippen molar-refractivity contribution in [2.45, 2.75) is 257 Å². The minimum absolute atomic E-state index is 0.0510. The Kier molecular flexibility index (Phi) is 46.2. The number of hydrogen-bond acceptors (Lipinski definition) is 5. The van der Waals surface area contributed by atoms with E-state index in [1.807, 2.05) is 0 Å². The Morgan fingerprint density at radius 3 is 1.38 bits per heavy atom. The number of hydrogen-bond donors (Lipinski definition) is 3. The molecule has 0 heterocycles. The molecule has 0 aromatic heterocycles. The van der Waals surface area contributed by atoms with Crippen molar-refractivity contribution in [3.63, 3.8) is 0 Å². The molecule has 3 atom stereocenters. The molecule has 61 heavy (non-hydrogen) atoms. The molecule has 3 N–H and O–H groups in total. The van der Waals surface area contributed by atoms with E-state index < -0.39 is 18.2 Å². The predicted octanol–water partition coefficient (Wildman–Crippen LogP) is 15.4. The molecule has 0 aromatic rings. The fourth-order valence-corrected chi connectivity index (χ4v) is 7.39. The average Bonchev–Trinajstić information content (AvgIpc) is 3.25. The maximum absolute atomic E-state index is 13.2. The van der Waals surface area contributed by atoms with Crippen molar-refractivity contribution in [1.82, 2.24) is 5.32 Å². The summed E-state index contributed by atoms with van der Waals surface area (Å²) in [6.07, 6.45) is 61.1. The van der Waals surface area contributed by atoms with E-state index in [2.05, 4.69) is 99.0 Å². The van der Waals surface area contributed by atoms with Crippen LogP contribution in [0.15, 0.2) is 72.9 Å². The van der Waals surface area contributed by atoms with Crippen LogP contribution in [0.4, 0.5) is 0 Å². The molecular formula is C55H97NO5. The van der Waals surface area contributed by atoms with Gasteiger partial charge in [0.05, 0.1) is 25.2 Å². The number of ether oxygens (including phenoxy) is 1. The second kappa shape index (κ2) is 48.3. The van der Waals surface area contributed by atoms with Crippen molar-refractivity contribution in [1.29, 1.82) is 0 Å². The SMILES string of the molecule is CC/C=C\C/C=C\C/C=C\C/C=C\C/C=C\CCCCCC(=O)OC(CCCCC/C=C/CCCCCCCCC)CC(=O)NC(CO)C(O)CCCCCCCCCCC. The van der Waals surface area contributed by atoms with Gasteiger partial charge in [0, 0.05) is 6.42 Å². The lowest BCUT2D eigenvalue weighted by Crippen LogP contribution is -2.46. The normalized spacial score (nSPS) is 13.9. The van der Waals surface area contributed by atoms with Crippen LogP contribution in [-0.2, 0) is 14.3 Å². The van der Waals surface area contributed by atoms with Gasteiger partial charge in [0.1, 0.15) is 6.10 Å². The first kappa shape index (κ1) is 58.3. The first-order valence-corrected chi connectivity index (χ1v) is 25.7. The lowest BCUT2D eigenvalue weighted by Gasteiger charge is -2.24. The van der Waals surface area contributed by atoms with Gasteiger partial charge in [-0.15, -0.1) is 0 Å². The predicted molar refractivity (Wildman–Crippen MR) is 264 cm³/mol. The van der Waals surface area contributed by atoms with Crippen LogP contribution in [0.5, 0.6) is 0 Å². The van der Waals surface area contributed by atoms with Gasteiger partial charge in [-0.2, -0.15) is 0 Å². The van der Waals surface area contributed by atoms with Gasteiger partial charge in [-0.25, -0.2) is 0 Å². The molecule has 6 nitrogen and oxygen atoms in total. The summed E-state index contributed by atoms with van der Waals surface area (Å²) >= 11 is 0. The molecule has 0 aliphatic carbocycles. The zero-order chi connectivity index (χ0) is 44.5. The number of unbranched alkanes of at least 4 members (excludes halogenated alkanes) is 21. The third kappa shape index (κ3) is 43.7. The van der Waals surface area contributed by atoms with E-state index in [9.17, 15) is 19.8 Å². The van der Waals surface area contributed by atoms with Crippen LogP contribution < -0.4 is 5.32 Å². The second-order valence-corrected chi connectivity index (χ2v) is 17.2. The Labute approximate surface area is 377 Å². The Morgan fingerprint density at radius 2 is 0.885 bits per heavy atom. The molecule has 0 aliphatic rings. The lowest BCUT2D eigenvalue weighted by atomic mass is 10.0. The highest BCUT2D eigenvalue weighted by molar-refractivity contribution is 5.77. The van der Waals surface area contributed by atoms with Crippen molar-refractivity contribution in [2.75, 3.05) is 6.61 Å². The third-order valence-electron chi connectivity index (χ3n) is 11.3. The van der Waals surface area contributed by atoms with E-state index in [1.54, 1.807) is 0 Å². The van der Waals surface area contributed by atoms with Gasteiger partial charge in [-0.1, -0.05) is 203 Å². The van der Waals surface area contributed by atoms with Crippen LogP contribution in [-0.4, -0.2) is 46.9 Å². The average molecular weight is 852 g/mol. The summed E-state index contributed by atoms with van der Waals surface area (Å²) in [5, 5.41) is 23.7. The van der Waals surface area contributed by atoms with E-state index in [0.29, 0.717) is 19.3 Å². The molecular weight excluding hydrogens is 755 g/mol. The van der Waals surface area contributed by atoms with Gasteiger partial charge in [-0.05, 0) is 96.3 Å². The van der Waals surface area contributed by atoms with Crippen LogP contribution in [0.3, 0.4) is 0 Å². The summed E-state index contributed by atoms with van der Waals surface area (Å²) < 4.78 is 5.91. The fraction of sp³-hybridized carbons (Fsp3) is 0.745. The molecule has 0 saturated heterocycles. The summed E-state index contributed by atoms with van der Waals surface area (Å²) in [5.41, 5.74) is 0. The first-order valence-electron chi connectivity index (χ1n) is 25.7. The number of carbonyl (C=O) groups excluding carboxylic acids is 2. The fourth-order valence-electron chi connectivity index (χ4n) is 7.39. The first-order chi connectivity index (χ1) is 30.0. The molecule has 0 saturated carbocycles. The van der Waals surface area contributed by atoms with Crippen LogP contribution in [0.25, 0.3) is 0 Å². The highest BCUT2D eigenvalue weighted by Gasteiger charge is 2.24. The second-order valence-electron chi connectivity index (χ2n) is 17.2. The van der Waals surface area contributed by atoms with E-state index >= 15 is 0 Å². The van der Waals surface area contributed by atoms with Crippen molar-refractivity contribution in [3.05, 3.63) is 72.9 Å². The molecule has 0 radical (unpaired) electrons. The summed E-state index contributed by atoms with van der Waals surface area (Å²) in [7, 11) is 0. The van der Waals surface area contributed by atoms with Crippen molar-refractivity contribution >= 4 is 11.9 Å². The summed E-state index contributed by atoms with van der Waals surface area (Å²) in [5.74, 6) is -0.529. The quantitative estimate of drug-likeness (QED) is 0.0322. The Morgan fingerprint density at radius 1 is 0.492 bits per heavy atom. The molecule has 6 heteroatoms. The Bertz CT molecular complexity index is 1140. The van der Waals surface area contributed by atoms with E-state index in [1.165, 1.54) is 83.5 Å². The zero-order valence-corrected chi connectivity index (χ0v) is 40.0. The maximum Gasteiger partial charge on any atom is 0.306 e. The molecule has 352 valence electrons. The van der Waals surface area contributed by atoms with E-state index in [0.717, 1.165) is 109 Å². The summed E-state index contributed by atoms with van der Waals surface area (Å²) in [6.45, 7) is 6.33. The van der Waals surface area contributed by atoms with Gasteiger partial charge < -0.3 is 20.3 Å². The number of allylic oxidation sites excluding steroid dienone is 12. The van der Waals surface area contributed by atoms with Crippen LogP contribution in [0.1, 0.15) is 239 Å². The van der Waals surface area contributed by atoms with Crippen LogP contribution >= 0.6 is 0 Å². The summed E-state index contributed by atoms with van der Waals surface area (Å²) in [4.78, 5) is 26.1. The molecule has 0 fully saturated rings. The third-order valence-corrected chi connectivity index (χ3v) is 11.3. The molecule has 0 aliphatic heterocycles. The van der Waals surface area contributed by atoms with E-state index in [-0.39, 0.29) is 24.9 Å². The smallest absolute Gasteiger partial charge is 0.306 e.